The van der Waals surface area contributed by atoms with Crippen LogP contribution >= 0.6 is 11.3 Å². The molecular weight excluding hydrogens is 420 g/mol. The van der Waals surface area contributed by atoms with Crippen LogP contribution in [0.2, 0.25) is 0 Å². The molecule has 0 radical (unpaired) electrons. The maximum absolute atomic E-state index is 12.2. The average Bonchev–Trinajstić information content (AvgIpc) is 3.19. The maximum atomic E-state index is 12.2. The number of hydrogen-bond acceptors (Lipinski definition) is 9. The van der Waals surface area contributed by atoms with Crippen LogP contribution in [0, 0.1) is 0 Å². The fraction of sp³-hybridized carbons (Fsp3) is 0.238. The van der Waals surface area contributed by atoms with Gasteiger partial charge in [0.1, 0.15) is 5.69 Å². The van der Waals surface area contributed by atoms with Gasteiger partial charge in [0.05, 0.1) is 6.54 Å². The fourth-order valence-corrected chi connectivity index (χ4v) is 3.45. The molecule has 3 aromatic rings. The van der Waals surface area contributed by atoms with E-state index in [1.807, 2.05) is 30.3 Å². The van der Waals surface area contributed by atoms with Crippen LogP contribution in [0.15, 0.2) is 60.0 Å². The summed E-state index contributed by atoms with van der Waals surface area (Å²) < 4.78 is 0. The van der Waals surface area contributed by atoms with Gasteiger partial charge in [-0.3, -0.25) is 4.79 Å². The Morgan fingerprint density at radius 3 is 2.32 bits per heavy atom. The third-order valence-corrected chi connectivity index (χ3v) is 5.28. The summed E-state index contributed by atoms with van der Waals surface area (Å²) in [6.45, 7) is 0.477. The Kier molecular flexibility index (Phi) is 7.01. The highest BCUT2D eigenvalue weighted by Gasteiger charge is 2.38. The first-order valence-corrected chi connectivity index (χ1v) is 10.3. The number of carbonyl (C=O) groups is 1. The van der Waals surface area contributed by atoms with Crippen LogP contribution in [0.1, 0.15) is 16.8 Å². The number of nitrogens with zero attached hydrogens (tertiary/aromatic N) is 1. The van der Waals surface area contributed by atoms with Gasteiger partial charge in [-0.1, -0.05) is 42.5 Å². The molecule has 0 bridgehead atoms. The number of nitrogens with two attached hydrogens (primary N) is 1. The van der Waals surface area contributed by atoms with Crippen molar-refractivity contribution in [2.45, 2.75) is 18.0 Å². The molecule has 9 nitrogen and oxygen atoms in total. The molecule has 3 rings (SSSR count). The van der Waals surface area contributed by atoms with E-state index in [4.69, 9.17) is 5.73 Å². The van der Waals surface area contributed by atoms with E-state index in [0.717, 1.165) is 23.3 Å². The molecule has 31 heavy (non-hydrogen) atoms. The van der Waals surface area contributed by atoms with Gasteiger partial charge < -0.3 is 36.8 Å². The molecule has 0 spiro atoms. The summed E-state index contributed by atoms with van der Waals surface area (Å²) >= 11 is 0.971. The van der Waals surface area contributed by atoms with Crippen LogP contribution in [0.25, 0.3) is 0 Å². The van der Waals surface area contributed by atoms with E-state index in [0.29, 0.717) is 6.54 Å². The molecule has 8 N–H and O–H groups in total. The van der Waals surface area contributed by atoms with Crippen molar-refractivity contribution in [3.05, 3.63) is 76.8 Å². The molecule has 0 aliphatic carbocycles. The van der Waals surface area contributed by atoms with Gasteiger partial charge in [-0.25, -0.2) is 4.98 Å². The molecule has 0 saturated heterocycles. The van der Waals surface area contributed by atoms with Crippen LogP contribution in [-0.2, 0) is 22.8 Å². The predicted octanol–water partition coefficient (Wildman–Crippen LogP) is 0.471. The zero-order valence-corrected chi connectivity index (χ0v) is 17.3. The summed E-state index contributed by atoms with van der Waals surface area (Å²) in [5.41, 5.74) is 6.76. The zero-order chi connectivity index (χ0) is 22.5. The molecule has 1 amide bonds. The van der Waals surface area contributed by atoms with Crippen LogP contribution in [-0.4, -0.2) is 44.4 Å². The number of rotatable bonds is 9. The number of benzene rings is 2. The lowest BCUT2D eigenvalue weighted by atomic mass is 10.0. The van der Waals surface area contributed by atoms with Gasteiger partial charge in [0.2, 0.25) is 5.79 Å². The average molecular weight is 445 g/mol. The maximum Gasteiger partial charge on any atom is 0.291 e. The summed E-state index contributed by atoms with van der Waals surface area (Å²) in [5.74, 6) is -6.09. The van der Waals surface area contributed by atoms with Crippen molar-refractivity contribution >= 4 is 28.1 Å². The Hall–Kier alpha value is -2.86. The molecule has 0 saturated carbocycles. The van der Waals surface area contributed by atoms with Crippen molar-refractivity contribution in [3.63, 3.8) is 0 Å². The predicted molar refractivity (Wildman–Crippen MR) is 117 cm³/mol. The lowest BCUT2D eigenvalue weighted by Crippen LogP contribution is -2.40. The zero-order valence-electron chi connectivity index (χ0n) is 16.5. The number of nitrogens with one attached hydrogen (secondary N) is 2. The first kappa shape index (κ1) is 22.8. The lowest BCUT2D eigenvalue weighted by molar-refractivity contribution is -0.185. The molecular formula is C21H24N4O5S. The van der Waals surface area contributed by atoms with E-state index < -0.39 is 17.5 Å². The first-order chi connectivity index (χ1) is 14.7. The Morgan fingerprint density at radius 2 is 1.71 bits per heavy atom. The van der Waals surface area contributed by atoms with Crippen LogP contribution < -0.4 is 16.4 Å². The van der Waals surface area contributed by atoms with Crippen molar-refractivity contribution < 1.29 is 25.2 Å². The largest absolute Gasteiger partial charge is 0.375 e. The third-order valence-electron chi connectivity index (χ3n) is 4.61. The number of aliphatic hydroxyl groups is 4. The number of anilines is 2. The van der Waals surface area contributed by atoms with E-state index in [1.54, 1.807) is 0 Å². The van der Waals surface area contributed by atoms with Crippen molar-refractivity contribution in [2.24, 2.45) is 0 Å². The van der Waals surface area contributed by atoms with Gasteiger partial charge in [-0.05, 0) is 30.7 Å². The normalized spacial score (nSPS) is 12.0. The fourth-order valence-electron chi connectivity index (χ4n) is 2.84. The number of amides is 1. The van der Waals surface area contributed by atoms with E-state index >= 15 is 0 Å². The smallest absolute Gasteiger partial charge is 0.291 e. The van der Waals surface area contributed by atoms with Gasteiger partial charge in [0.15, 0.2) is 5.13 Å². The minimum atomic E-state index is -2.85. The minimum Gasteiger partial charge on any atom is -0.375 e. The van der Waals surface area contributed by atoms with E-state index in [2.05, 4.69) is 15.6 Å². The van der Waals surface area contributed by atoms with Gasteiger partial charge >= 0.3 is 0 Å². The molecule has 1 aromatic heterocycles. The number of nitrogen functional groups attached to an aromatic ring is 1. The van der Waals surface area contributed by atoms with Crippen molar-refractivity contribution in [1.82, 2.24) is 10.3 Å². The molecule has 164 valence electrons. The second-order valence-electron chi connectivity index (χ2n) is 7.00. The van der Waals surface area contributed by atoms with Gasteiger partial charge in [0, 0.05) is 16.6 Å². The first-order valence-electron chi connectivity index (χ1n) is 9.46. The topological polar surface area (TPSA) is 161 Å². The van der Waals surface area contributed by atoms with Crippen molar-refractivity contribution in [1.29, 1.82) is 0 Å². The van der Waals surface area contributed by atoms with Crippen molar-refractivity contribution in [3.8, 4) is 0 Å². The van der Waals surface area contributed by atoms with E-state index in [9.17, 15) is 25.2 Å². The summed E-state index contributed by atoms with van der Waals surface area (Å²) in [6.07, 6.45) is 0.747. The Bertz CT molecular complexity index is 1010. The van der Waals surface area contributed by atoms with Gasteiger partial charge in [-0.2, -0.15) is 0 Å². The molecule has 0 fully saturated rings. The highest BCUT2D eigenvalue weighted by atomic mass is 32.1. The summed E-state index contributed by atoms with van der Waals surface area (Å²) in [4.78, 5) is 15.9. The Morgan fingerprint density at radius 1 is 1.03 bits per heavy atom. The highest BCUT2D eigenvalue weighted by molar-refractivity contribution is 7.13. The van der Waals surface area contributed by atoms with Crippen LogP contribution in [0.3, 0.4) is 0 Å². The standard InChI is InChI=1S/C21H24N4O5S/c22-19-25-17(12-31-19)21(29,30)18(26)24-16-8-6-15(7-9-16)20(27,28)13-23-11-10-14-4-2-1-3-5-14/h1-9,12,23,27-30H,10-11,13H2,(H2,22,25)(H,24,26). The van der Waals surface area contributed by atoms with Crippen molar-refractivity contribution in [2.75, 3.05) is 24.1 Å². The van der Waals surface area contributed by atoms with E-state index in [-0.39, 0.29) is 28.6 Å². The second-order valence-corrected chi connectivity index (χ2v) is 7.89. The van der Waals surface area contributed by atoms with Gasteiger partial charge in [0.25, 0.3) is 11.7 Å². The Labute approximate surface area is 182 Å². The number of hydrogen-bond donors (Lipinski definition) is 7. The molecule has 0 aliphatic heterocycles. The number of carbonyl (C=O) groups excluding carboxylic acids is 1. The summed E-state index contributed by atoms with van der Waals surface area (Å²) in [5, 5.41) is 47.5. The van der Waals surface area contributed by atoms with Crippen LogP contribution in [0.4, 0.5) is 10.8 Å². The molecule has 0 unspecified atom stereocenters. The third kappa shape index (κ3) is 5.85. The summed E-state index contributed by atoms with van der Waals surface area (Å²) in [7, 11) is 0. The molecule has 1 heterocycles. The molecule has 2 aromatic carbocycles. The molecule has 0 aliphatic rings. The lowest BCUT2D eigenvalue weighted by Gasteiger charge is -2.23. The molecule has 0 atom stereocenters. The number of thiazole rings is 1. The van der Waals surface area contributed by atoms with E-state index in [1.165, 1.54) is 29.6 Å². The number of aromatic nitrogens is 1. The minimum absolute atomic E-state index is 0.0901. The SMILES string of the molecule is Nc1nc(C(O)(O)C(=O)Nc2ccc(C(O)(O)CNCCc3ccccc3)cc2)cs1. The quantitative estimate of drug-likeness (QED) is 0.185. The Balaban J connectivity index is 1.55. The monoisotopic (exact) mass is 444 g/mol. The summed E-state index contributed by atoms with van der Waals surface area (Å²) in [6, 6.07) is 15.5. The van der Waals surface area contributed by atoms with Crippen LogP contribution in [0.5, 0.6) is 0 Å². The molecule has 10 heteroatoms. The van der Waals surface area contributed by atoms with Gasteiger partial charge in [-0.15, -0.1) is 11.3 Å². The second kappa shape index (κ2) is 9.52. The highest BCUT2D eigenvalue weighted by Crippen LogP contribution is 2.24.